The van der Waals surface area contributed by atoms with Gasteiger partial charge in [-0.2, -0.15) is 0 Å². The molecule has 0 atom stereocenters. The molecule has 8 heteroatoms. The van der Waals surface area contributed by atoms with Crippen LogP contribution in [-0.2, 0) is 11.3 Å². The zero-order valence-electron chi connectivity index (χ0n) is 14.7. The van der Waals surface area contributed by atoms with E-state index in [1.165, 1.54) is 0 Å². The number of likely N-dealkylation sites (N-methyl/N-ethyl adjacent to an activating group) is 1. The second kappa shape index (κ2) is 7.88. The first-order valence-corrected chi connectivity index (χ1v) is 8.77. The predicted octanol–water partition coefficient (Wildman–Crippen LogP) is 0.496. The minimum atomic E-state index is 0.136. The van der Waals surface area contributed by atoms with Crippen LogP contribution in [0.15, 0.2) is 18.2 Å². The average Bonchev–Trinajstić information content (AvgIpc) is 3.08. The van der Waals surface area contributed by atoms with Crippen molar-refractivity contribution in [2.45, 2.75) is 6.54 Å². The van der Waals surface area contributed by atoms with Crippen LogP contribution < -0.4 is 14.8 Å². The molecule has 1 aromatic rings. The normalized spacial score (nSPS) is 16.6. The van der Waals surface area contributed by atoms with Crippen LogP contribution in [0.4, 0.5) is 0 Å². The summed E-state index contributed by atoms with van der Waals surface area (Å²) in [4.78, 5) is 17.7. The summed E-state index contributed by atoms with van der Waals surface area (Å²) in [5, 5.41) is 4.05. The monoisotopic (exact) mass is 364 g/mol. The Morgan fingerprint density at radius 2 is 1.92 bits per heavy atom. The number of piperazine rings is 1. The Balaban J connectivity index is 1.43. The van der Waals surface area contributed by atoms with Crippen LogP contribution in [0.5, 0.6) is 11.5 Å². The van der Waals surface area contributed by atoms with Crippen LogP contribution >= 0.6 is 12.2 Å². The van der Waals surface area contributed by atoms with Crippen LogP contribution in [0, 0.1) is 0 Å². The fourth-order valence-corrected chi connectivity index (χ4v) is 3.04. The Morgan fingerprint density at radius 1 is 1.20 bits per heavy atom. The molecule has 0 bridgehead atoms. The summed E-state index contributed by atoms with van der Waals surface area (Å²) in [6, 6.07) is 5.90. The molecule has 7 nitrogen and oxygen atoms in total. The van der Waals surface area contributed by atoms with Gasteiger partial charge in [-0.15, -0.1) is 0 Å². The summed E-state index contributed by atoms with van der Waals surface area (Å²) >= 11 is 5.51. The van der Waals surface area contributed by atoms with Gasteiger partial charge in [0, 0.05) is 46.8 Å². The second-order valence-corrected chi connectivity index (χ2v) is 6.78. The summed E-state index contributed by atoms with van der Waals surface area (Å²) in [5.74, 6) is 1.70. The summed E-state index contributed by atoms with van der Waals surface area (Å²) in [7, 11) is 3.57. The van der Waals surface area contributed by atoms with Gasteiger partial charge in [0.25, 0.3) is 0 Å². The lowest BCUT2D eigenvalue weighted by Gasteiger charge is -2.36. The number of fused-ring (bicyclic) bond motifs is 1. The van der Waals surface area contributed by atoms with Crippen molar-refractivity contribution in [2.24, 2.45) is 0 Å². The molecule has 3 rings (SSSR count). The maximum Gasteiger partial charge on any atom is 0.236 e. The van der Waals surface area contributed by atoms with Crippen molar-refractivity contribution in [3.63, 3.8) is 0 Å². The third-order valence-corrected chi connectivity index (χ3v) is 4.80. The van der Waals surface area contributed by atoms with E-state index in [2.05, 4.69) is 15.1 Å². The Kier molecular flexibility index (Phi) is 5.60. The van der Waals surface area contributed by atoms with Gasteiger partial charge >= 0.3 is 0 Å². The molecule has 25 heavy (non-hydrogen) atoms. The molecule has 1 aromatic carbocycles. The molecular weight excluding hydrogens is 340 g/mol. The van der Waals surface area contributed by atoms with E-state index in [1.54, 1.807) is 19.0 Å². The summed E-state index contributed by atoms with van der Waals surface area (Å²) in [5.41, 5.74) is 1.10. The minimum absolute atomic E-state index is 0.136. The number of nitrogens with one attached hydrogen (secondary N) is 1. The van der Waals surface area contributed by atoms with Crippen LogP contribution in [0.2, 0.25) is 0 Å². The Morgan fingerprint density at radius 3 is 2.64 bits per heavy atom. The van der Waals surface area contributed by atoms with Gasteiger partial charge in [-0.1, -0.05) is 6.07 Å². The van der Waals surface area contributed by atoms with Crippen molar-refractivity contribution in [3.8, 4) is 11.5 Å². The van der Waals surface area contributed by atoms with Crippen molar-refractivity contribution in [1.82, 2.24) is 20.0 Å². The largest absolute Gasteiger partial charge is 0.454 e. The van der Waals surface area contributed by atoms with E-state index in [-0.39, 0.29) is 12.7 Å². The first kappa shape index (κ1) is 17.8. The number of rotatable bonds is 4. The van der Waals surface area contributed by atoms with E-state index in [1.807, 2.05) is 18.2 Å². The molecule has 0 aliphatic carbocycles. The number of amides is 1. The fourth-order valence-electron chi connectivity index (χ4n) is 2.78. The number of carbonyl (C=O) groups excluding carboxylic acids is 1. The Labute approximate surface area is 153 Å². The zero-order valence-corrected chi connectivity index (χ0v) is 15.5. The SMILES string of the molecule is CN(C)C(=O)CN1CCN(C(=S)NCc2ccc3c(c2)OCO3)CC1. The summed E-state index contributed by atoms with van der Waals surface area (Å²) in [6.07, 6.45) is 0. The number of hydrogen-bond donors (Lipinski definition) is 1. The van der Waals surface area contributed by atoms with Gasteiger partial charge < -0.3 is 24.6 Å². The van der Waals surface area contributed by atoms with Crippen molar-refractivity contribution < 1.29 is 14.3 Å². The van der Waals surface area contributed by atoms with Crippen LogP contribution in [-0.4, -0.2) is 79.3 Å². The highest BCUT2D eigenvalue weighted by molar-refractivity contribution is 7.80. The standard InChI is InChI=1S/C17H24N4O3S/c1-19(2)16(22)11-20-5-7-21(8-6-20)17(25)18-10-13-3-4-14-15(9-13)24-12-23-14/h3-4,9H,5-8,10-12H2,1-2H3,(H,18,25). The predicted molar refractivity (Wildman–Crippen MR) is 98.7 cm³/mol. The van der Waals surface area contributed by atoms with Gasteiger partial charge in [0.15, 0.2) is 16.6 Å². The molecule has 0 aromatic heterocycles. The molecule has 0 saturated carbocycles. The fraction of sp³-hybridized carbons (Fsp3) is 0.529. The van der Waals surface area contributed by atoms with Gasteiger partial charge in [-0.3, -0.25) is 9.69 Å². The van der Waals surface area contributed by atoms with E-state index >= 15 is 0 Å². The maximum atomic E-state index is 11.8. The molecular formula is C17H24N4O3S. The first-order chi connectivity index (χ1) is 12.0. The first-order valence-electron chi connectivity index (χ1n) is 8.37. The van der Waals surface area contributed by atoms with Gasteiger partial charge in [-0.05, 0) is 29.9 Å². The Bertz CT molecular complexity index is 645. The molecule has 2 aliphatic heterocycles. The number of thiocarbonyl (C=S) groups is 1. The lowest BCUT2D eigenvalue weighted by Crippen LogP contribution is -2.53. The molecule has 1 fully saturated rings. The van der Waals surface area contributed by atoms with Gasteiger partial charge in [0.2, 0.25) is 12.7 Å². The molecule has 1 saturated heterocycles. The highest BCUT2D eigenvalue weighted by Gasteiger charge is 2.21. The lowest BCUT2D eigenvalue weighted by atomic mass is 10.2. The second-order valence-electron chi connectivity index (χ2n) is 6.40. The van der Waals surface area contributed by atoms with Crippen LogP contribution in [0.25, 0.3) is 0 Å². The number of benzene rings is 1. The number of nitrogens with zero attached hydrogens (tertiary/aromatic N) is 3. The topological polar surface area (TPSA) is 57.3 Å². The average molecular weight is 364 g/mol. The number of carbonyl (C=O) groups is 1. The maximum absolute atomic E-state index is 11.8. The van der Waals surface area contributed by atoms with Crippen LogP contribution in [0.1, 0.15) is 5.56 Å². The van der Waals surface area contributed by atoms with E-state index in [9.17, 15) is 4.79 Å². The van der Waals surface area contributed by atoms with Gasteiger partial charge in [0.1, 0.15) is 0 Å². The molecule has 0 spiro atoms. The third-order valence-electron chi connectivity index (χ3n) is 4.40. The lowest BCUT2D eigenvalue weighted by molar-refractivity contribution is -0.130. The minimum Gasteiger partial charge on any atom is -0.454 e. The number of ether oxygens (including phenoxy) is 2. The molecule has 1 amide bonds. The van der Waals surface area contributed by atoms with E-state index in [0.29, 0.717) is 13.1 Å². The highest BCUT2D eigenvalue weighted by atomic mass is 32.1. The van der Waals surface area contributed by atoms with Crippen molar-refractivity contribution in [3.05, 3.63) is 23.8 Å². The van der Waals surface area contributed by atoms with Crippen LogP contribution in [0.3, 0.4) is 0 Å². The van der Waals surface area contributed by atoms with Crippen molar-refractivity contribution in [2.75, 3.05) is 53.6 Å². The molecule has 1 N–H and O–H groups in total. The molecule has 136 valence electrons. The quantitative estimate of drug-likeness (QED) is 0.781. The van der Waals surface area contributed by atoms with Gasteiger partial charge in [0.05, 0.1) is 6.54 Å². The third kappa shape index (κ3) is 4.52. The van der Waals surface area contributed by atoms with Gasteiger partial charge in [-0.25, -0.2) is 0 Å². The number of hydrogen-bond acceptors (Lipinski definition) is 5. The smallest absolute Gasteiger partial charge is 0.236 e. The highest BCUT2D eigenvalue weighted by Crippen LogP contribution is 2.32. The molecule has 2 aliphatic rings. The Hall–Kier alpha value is -2.06. The zero-order chi connectivity index (χ0) is 17.8. The van der Waals surface area contributed by atoms with E-state index in [4.69, 9.17) is 21.7 Å². The summed E-state index contributed by atoms with van der Waals surface area (Å²) < 4.78 is 10.7. The van der Waals surface area contributed by atoms with Crippen molar-refractivity contribution in [1.29, 1.82) is 0 Å². The van der Waals surface area contributed by atoms with Crippen molar-refractivity contribution >= 4 is 23.2 Å². The molecule has 0 unspecified atom stereocenters. The molecule has 2 heterocycles. The summed E-state index contributed by atoms with van der Waals surface area (Å²) in [6.45, 7) is 4.73. The van der Waals surface area contributed by atoms with E-state index < -0.39 is 0 Å². The molecule has 0 radical (unpaired) electrons. The van der Waals surface area contributed by atoms with E-state index in [0.717, 1.165) is 48.4 Å².